The van der Waals surface area contributed by atoms with Crippen LogP contribution in [0.25, 0.3) is 0 Å². The first-order valence-electron chi connectivity index (χ1n) is 23.9. The van der Waals surface area contributed by atoms with Crippen LogP contribution in [0.2, 0.25) is 0 Å². The largest absolute Gasteiger partial charge is 0.394 e. The second kappa shape index (κ2) is 19.0. The van der Waals surface area contributed by atoms with E-state index in [0.29, 0.717) is 51.4 Å². The molecule has 0 amide bonds. The van der Waals surface area contributed by atoms with Crippen LogP contribution in [0.4, 0.5) is 0 Å². The first-order chi connectivity index (χ1) is 30.3. The second-order valence-corrected chi connectivity index (χ2v) is 22.6. The van der Waals surface area contributed by atoms with Crippen LogP contribution in [0, 0.1) is 45.3 Å². The van der Waals surface area contributed by atoms with Gasteiger partial charge in [-0.05, 0) is 117 Å². The molecule has 0 spiro atoms. The van der Waals surface area contributed by atoms with Crippen LogP contribution in [-0.4, -0.2) is 191 Å². The number of allylic oxidation sites excluding steroid dienone is 2. The van der Waals surface area contributed by atoms with Gasteiger partial charge in [-0.1, -0.05) is 46.3 Å². The van der Waals surface area contributed by atoms with Crippen molar-refractivity contribution in [2.45, 2.75) is 217 Å². The Morgan fingerprint density at radius 1 is 0.708 bits per heavy atom. The maximum atomic E-state index is 12.7. The number of hydrogen-bond donors (Lipinski definition) is 12. The molecule has 12 N–H and O–H groups in total. The smallest absolute Gasteiger partial charge is 0.187 e. The summed E-state index contributed by atoms with van der Waals surface area (Å²) in [6.07, 6.45) is -16.7. The van der Waals surface area contributed by atoms with Gasteiger partial charge in [0.15, 0.2) is 18.9 Å². The molecule has 18 heteroatoms. The Morgan fingerprint density at radius 3 is 1.97 bits per heavy atom. The van der Waals surface area contributed by atoms with E-state index in [9.17, 15) is 61.3 Å². The Balaban J connectivity index is 1.20. The minimum atomic E-state index is -1.72. The van der Waals surface area contributed by atoms with Crippen molar-refractivity contribution in [1.29, 1.82) is 0 Å². The zero-order chi connectivity index (χ0) is 47.9. The van der Waals surface area contributed by atoms with Crippen LogP contribution in [0.1, 0.15) is 107 Å². The lowest BCUT2D eigenvalue weighted by molar-refractivity contribution is -0.352. The summed E-state index contributed by atoms with van der Waals surface area (Å²) in [6.45, 7) is 15.3. The highest BCUT2D eigenvalue weighted by molar-refractivity contribution is 5.22. The third kappa shape index (κ3) is 8.83. The van der Waals surface area contributed by atoms with E-state index in [-0.39, 0.29) is 30.3 Å². The van der Waals surface area contributed by atoms with Crippen LogP contribution < -0.4 is 0 Å². The zero-order valence-electron chi connectivity index (χ0n) is 39.3. The van der Waals surface area contributed by atoms with Crippen molar-refractivity contribution in [3.05, 3.63) is 11.6 Å². The standard InChI is InChI=1S/C47H80O18/c1-21(2)10-9-13-47(8,65-42-38(59)35(56)33(54)27(64-42)20-61-40-36(57)31(52)24(50)19-60-40)22-11-15-45(6)30(22)23(49)16-28-44(5)14-12-29(51)43(3,4)39(44)25(17-46(28,45)7)62-41-37(58)34(55)32(53)26(18-48)63-41/h10,22-42,48-59H,9,11-20H2,1-8H3. The van der Waals surface area contributed by atoms with Crippen LogP contribution in [0.5, 0.6) is 0 Å². The quantitative estimate of drug-likeness (QED) is 0.0874. The number of rotatable bonds is 12. The predicted molar refractivity (Wildman–Crippen MR) is 229 cm³/mol. The highest BCUT2D eigenvalue weighted by atomic mass is 16.7. The lowest BCUT2D eigenvalue weighted by atomic mass is 9.34. The third-order valence-electron chi connectivity index (χ3n) is 18.3. The van der Waals surface area contributed by atoms with E-state index in [1.807, 2.05) is 34.6 Å². The Kier molecular flexibility index (Phi) is 15.1. The molecule has 7 fully saturated rings. The van der Waals surface area contributed by atoms with Crippen LogP contribution in [0.3, 0.4) is 0 Å². The Morgan fingerprint density at radius 2 is 1.32 bits per heavy atom. The summed E-state index contributed by atoms with van der Waals surface area (Å²) < 4.78 is 37.0. The van der Waals surface area contributed by atoms with Gasteiger partial charge in [0.1, 0.15) is 67.1 Å². The molecule has 0 bridgehead atoms. The molecule has 18 nitrogen and oxygen atoms in total. The van der Waals surface area contributed by atoms with Gasteiger partial charge < -0.3 is 89.7 Å². The summed E-state index contributed by atoms with van der Waals surface area (Å²) in [4.78, 5) is 0. The van der Waals surface area contributed by atoms with E-state index in [4.69, 9.17) is 28.4 Å². The SMILES string of the molecule is CC(C)=CCCC(C)(OC1OC(COC2OCC(O)C(O)C2O)C(O)C(O)C1O)C1CCC2(C)C1C(O)CC1C3(C)CCC(O)C(C)(C)C3C(OC3OC(CO)C(O)C(O)C3O)CC12C. The van der Waals surface area contributed by atoms with Crippen molar-refractivity contribution in [3.8, 4) is 0 Å². The van der Waals surface area contributed by atoms with Crippen molar-refractivity contribution < 1.29 is 89.7 Å². The number of ether oxygens (including phenoxy) is 6. The molecule has 0 aromatic carbocycles. The van der Waals surface area contributed by atoms with Crippen molar-refractivity contribution >= 4 is 0 Å². The minimum absolute atomic E-state index is 0.0498. The minimum Gasteiger partial charge on any atom is -0.394 e. The average Bonchev–Trinajstić information content (AvgIpc) is 3.63. The summed E-state index contributed by atoms with van der Waals surface area (Å²) in [6, 6.07) is 0. The summed E-state index contributed by atoms with van der Waals surface area (Å²) in [5.41, 5.74) is -2.28. The van der Waals surface area contributed by atoms with E-state index in [1.54, 1.807) is 0 Å². The van der Waals surface area contributed by atoms with Gasteiger partial charge in [-0.15, -0.1) is 0 Å². The Hall–Kier alpha value is -0.980. The Labute approximate surface area is 382 Å². The van der Waals surface area contributed by atoms with Gasteiger partial charge in [0.05, 0.1) is 43.7 Å². The second-order valence-electron chi connectivity index (χ2n) is 22.6. The molecule has 3 aliphatic heterocycles. The first-order valence-corrected chi connectivity index (χ1v) is 23.9. The highest BCUT2D eigenvalue weighted by Gasteiger charge is 2.74. The monoisotopic (exact) mass is 933 g/mol. The van der Waals surface area contributed by atoms with E-state index in [0.717, 1.165) is 5.57 Å². The molecule has 0 aromatic rings. The van der Waals surface area contributed by atoms with Gasteiger partial charge in [-0.25, -0.2) is 0 Å². The highest BCUT2D eigenvalue weighted by Crippen LogP contribution is 2.76. The van der Waals surface area contributed by atoms with Gasteiger partial charge in [0.2, 0.25) is 0 Å². The molecule has 4 aliphatic carbocycles. The normalized spacial score (nSPS) is 53.0. The van der Waals surface area contributed by atoms with Gasteiger partial charge in [-0.3, -0.25) is 0 Å². The summed E-state index contributed by atoms with van der Waals surface area (Å²) in [5.74, 6) is -1.03. The van der Waals surface area contributed by atoms with Crippen LogP contribution >= 0.6 is 0 Å². The van der Waals surface area contributed by atoms with Gasteiger partial charge in [-0.2, -0.15) is 0 Å². The van der Waals surface area contributed by atoms with Crippen LogP contribution in [0.15, 0.2) is 11.6 Å². The lowest BCUT2D eigenvalue weighted by Gasteiger charge is -2.72. The fourth-order valence-electron chi connectivity index (χ4n) is 14.6. The molecule has 376 valence electrons. The molecular formula is C47H80O18. The fourth-order valence-corrected chi connectivity index (χ4v) is 14.6. The average molecular weight is 933 g/mol. The molecule has 7 aliphatic rings. The molecule has 3 saturated heterocycles. The Bertz CT molecular complexity index is 1660. The van der Waals surface area contributed by atoms with Crippen molar-refractivity contribution in [3.63, 3.8) is 0 Å². The van der Waals surface area contributed by atoms with E-state index in [2.05, 4.69) is 26.8 Å². The van der Waals surface area contributed by atoms with E-state index >= 15 is 0 Å². The maximum Gasteiger partial charge on any atom is 0.187 e. The van der Waals surface area contributed by atoms with Gasteiger partial charge >= 0.3 is 0 Å². The molecule has 0 aromatic heterocycles. The topological polar surface area (TPSA) is 298 Å². The van der Waals surface area contributed by atoms with E-state index in [1.165, 1.54) is 0 Å². The molecule has 3 heterocycles. The number of aliphatic hydroxyl groups excluding tert-OH is 12. The van der Waals surface area contributed by atoms with Gasteiger partial charge in [0.25, 0.3) is 0 Å². The molecule has 0 radical (unpaired) electrons. The molecule has 65 heavy (non-hydrogen) atoms. The van der Waals surface area contributed by atoms with Gasteiger partial charge in [0, 0.05) is 0 Å². The molecular weight excluding hydrogens is 852 g/mol. The third-order valence-corrected chi connectivity index (χ3v) is 18.3. The zero-order valence-corrected chi connectivity index (χ0v) is 39.3. The van der Waals surface area contributed by atoms with Crippen LogP contribution in [-0.2, 0) is 28.4 Å². The predicted octanol–water partition coefficient (Wildman–Crippen LogP) is -0.417. The van der Waals surface area contributed by atoms with E-state index < -0.39 is 145 Å². The van der Waals surface area contributed by atoms with Crippen molar-refractivity contribution in [1.82, 2.24) is 0 Å². The first kappa shape index (κ1) is 51.9. The molecule has 25 unspecified atom stereocenters. The summed E-state index contributed by atoms with van der Waals surface area (Å²) in [7, 11) is 0. The lowest BCUT2D eigenvalue weighted by Crippen LogP contribution is -2.71. The number of hydrogen-bond acceptors (Lipinski definition) is 18. The molecule has 7 rings (SSSR count). The fraction of sp³-hybridized carbons (Fsp3) is 0.957. The molecule has 4 saturated carbocycles. The summed E-state index contributed by atoms with van der Waals surface area (Å²) in [5, 5.41) is 131. The summed E-state index contributed by atoms with van der Waals surface area (Å²) >= 11 is 0. The number of aliphatic hydroxyl groups is 12. The van der Waals surface area contributed by atoms with Crippen molar-refractivity contribution in [2.75, 3.05) is 19.8 Å². The molecule has 25 atom stereocenters. The maximum absolute atomic E-state index is 12.7. The van der Waals surface area contributed by atoms with Crippen molar-refractivity contribution in [2.24, 2.45) is 45.3 Å². The number of fused-ring (bicyclic) bond motifs is 5.